The Bertz CT molecular complexity index is 1300. The van der Waals surface area contributed by atoms with Crippen molar-refractivity contribution in [3.05, 3.63) is 101 Å². The lowest BCUT2D eigenvalue weighted by Gasteiger charge is -2.13. The third-order valence-corrected chi connectivity index (χ3v) is 7.64. The molecular weight excluding hydrogens is 632 g/mol. The molecule has 1 saturated heterocycles. The molecule has 0 atom stereocenters. The topological polar surface area (TPSA) is 46.6 Å². The summed E-state index contributed by atoms with van der Waals surface area (Å²) in [5.74, 6) is -0.197. The van der Waals surface area contributed by atoms with E-state index >= 15 is 0 Å². The maximum absolute atomic E-state index is 13.1. The first kappa shape index (κ1) is 25.3. The Morgan fingerprint density at radius 1 is 0.941 bits per heavy atom. The van der Waals surface area contributed by atoms with Crippen LogP contribution in [0.3, 0.4) is 0 Å². The summed E-state index contributed by atoms with van der Waals surface area (Å²) in [5, 5.41) is 0.545. The van der Waals surface area contributed by atoms with E-state index in [2.05, 4.69) is 31.9 Å². The third-order valence-electron chi connectivity index (χ3n) is 4.81. The van der Waals surface area contributed by atoms with Crippen molar-refractivity contribution < 1.29 is 18.7 Å². The van der Waals surface area contributed by atoms with Gasteiger partial charge in [-0.15, -0.1) is 0 Å². The highest BCUT2D eigenvalue weighted by Gasteiger charge is 2.35. The van der Waals surface area contributed by atoms with Crippen LogP contribution in [-0.4, -0.2) is 16.0 Å². The minimum atomic E-state index is -0.397. The van der Waals surface area contributed by atoms with Gasteiger partial charge in [0.1, 0.15) is 18.2 Å². The average molecular weight is 646 g/mol. The number of rotatable bonds is 6. The number of ether oxygens (including phenoxy) is 1. The van der Waals surface area contributed by atoms with Crippen LogP contribution < -0.4 is 4.74 Å². The van der Waals surface area contributed by atoms with Crippen LogP contribution in [0.4, 0.5) is 9.18 Å². The number of thioether (sulfide) groups is 1. The average Bonchev–Trinajstić information content (AvgIpc) is 3.04. The number of carbonyl (C=O) groups excluding carboxylic acids is 2. The van der Waals surface area contributed by atoms with Gasteiger partial charge in [-0.3, -0.25) is 14.5 Å². The molecule has 174 valence electrons. The van der Waals surface area contributed by atoms with E-state index in [0.29, 0.717) is 40.8 Å². The maximum atomic E-state index is 13.1. The third kappa shape index (κ3) is 5.86. The number of amides is 2. The molecule has 0 saturated carbocycles. The minimum absolute atomic E-state index is 0.0805. The Balaban J connectivity index is 1.49. The van der Waals surface area contributed by atoms with Gasteiger partial charge in [0.2, 0.25) is 0 Å². The van der Waals surface area contributed by atoms with Crippen molar-refractivity contribution in [2.75, 3.05) is 0 Å². The maximum Gasteiger partial charge on any atom is 0.293 e. The summed E-state index contributed by atoms with van der Waals surface area (Å²) in [6, 6.07) is 14.6. The van der Waals surface area contributed by atoms with Gasteiger partial charge >= 0.3 is 0 Å². The van der Waals surface area contributed by atoms with Crippen LogP contribution in [0.25, 0.3) is 6.08 Å². The molecule has 0 N–H and O–H groups in total. The molecule has 0 unspecified atom stereocenters. The standard InChI is InChI=1S/C24H14Br2Cl2FNO3S/c25-17-7-15(8-18(26)22(17)33-12-14-3-6-19(27)20(28)9-14)10-21-23(31)30(24(32)34-21)11-13-1-4-16(29)5-2-13/h1-10H,11-12H2/b21-10-. The van der Waals surface area contributed by atoms with E-state index in [-0.39, 0.29) is 24.2 Å². The second-order valence-corrected chi connectivity index (χ2v) is 10.8. The first-order chi connectivity index (χ1) is 16.2. The highest BCUT2D eigenvalue weighted by molar-refractivity contribution is 9.11. The van der Waals surface area contributed by atoms with Crippen molar-refractivity contribution in [3.63, 3.8) is 0 Å². The smallest absolute Gasteiger partial charge is 0.293 e. The van der Waals surface area contributed by atoms with Crippen molar-refractivity contribution in [2.24, 2.45) is 0 Å². The monoisotopic (exact) mass is 643 g/mol. The van der Waals surface area contributed by atoms with Crippen LogP contribution in [0.2, 0.25) is 10.0 Å². The van der Waals surface area contributed by atoms with Gasteiger partial charge in [-0.2, -0.15) is 0 Å². The molecule has 3 aromatic rings. The predicted molar refractivity (Wildman–Crippen MR) is 141 cm³/mol. The SMILES string of the molecule is O=C1S/C(=C\c2cc(Br)c(OCc3ccc(Cl)c(Cl)c3)c(Br)c2)C(=O)N1Cc1ccc(F)cc1. The van der Waals surface area contributed by atoms with Crippen molar-refractivity contribution in [1.29, 1.82) is 0 Å². The van der Waals surface area contributed by atoms with Crippen molar-refractivity contribution >= 4 is 84.0 Å². The molecule has 2 amide bonds. The molecule has 0 bridgehead atoms. The van der Waals surface area contributed by atoms with Gasteiger partial charge in [-0.25, -0.2) is 4.39 Å². The Labute approximate surface area is 226 Å². The molecule has 1 aliphatic heterocycles. The summed E-state index contributed by atoms with van der Waals surface area (Å²) in [6.45, 7) is 0.354. The van der Waals surface area contributed by atoms with Crippen LogP contribution in [0.1, 0.15) is 16.7 Å². The van der Waals surface area contributed by atoms with Crippen LogP contribution in [0.15, 0.2) is 68.4 Å². The van der Waals surface area contributed by atoms with Gasteiger partial charge in [0.25, 0.3) is 11.1 Å². The van der Waals surface area contributed by atoms with E-state index in [0.717, 1.165) is 22.2 Å². The molecule has 1 fully saturated rings. The molecular formula is C24H14Br2Cl2FNO3S. The lowest BCUT2D eigenvalue weighted by molar-refractivity contribution is -0.123. The number of imide groups is 1. The fourth-order valence-electron chi connectivity index (χ4n) is 3.15. The van der Waals surface area contributed by atoms with Crippen LogP contribution in [-0.2, 0) is 17.9 Å². The summed E-state index contributed by atoms with van der Waals surface area (Å²) in [5.41, 5.74) is 2.22. The second kappa shape index (κ2) is 10.8. The highest BCUT2D eigenvalue weighted by atomic mass is 79.9. The molecule has 0 aliphatic carbocycles. The molecule has 0 spiro atoms. The zero-order valence-corrected chi connectivity index (χ0v) is 22.7. The summed E-state index contributed by atoms with van der Waals surface area (Å²) >= 11 is 19.9. The number of hydrogen-bond donors (Lipinski definition) is 0. The summed E-state index contributed by atoms with van der Waals surface area (Å²) in [6.07, 6.45) is 1.65. The molecule has 0 aromatic heterocycles. The highest BCUT2D eigenvalue weighted by Crippen LogP contribution is 2.38. The molecule has 1 heterocycles. The van der Waals surface area contributed by atoms with Gasteiger partial charge in [0, 0.05) is 0 Å². The largest absolute Gasteiger partial charge is 0.487 e. The molecule has 1 aliphatic rings. The normalized spacial score (nSPS) is 14.9. The fourth-order valence-corrected chi connectivity index (χ4v) is 5.76. The number of nitrogens with zero attached hydrogens (tertiary/aromatic N) is 1. The molecule has 0 radical (unpaired) electrons. The summed E-state index contributed by atoms with van der Waals surface area (Å²) in [7, 11) is 0. The van der Waals surface area contributed by atoms with E-state index in [1.165, 1.54) is 12.1 Å². The van der Waals surface area contributed by atoms with Gasteiger partial charge < -0.3 is 4.74 Å². The van der Waals surface area contributed by atoms with Gasteiger partial charge in [-0.1, -0.05) is 41.4 Å². The zero-order valence-electron chi connectivity index (χ0n) is 17.2. The van der Waals surface area contributed by atoms with Gasteiger partial charge in [-0.05, 0) is 103 Å². The fraction of sp³-hybridized carbons (Fsp3) is 0.0833. The van der Waals surface area contributed by atoms with Gasteiger partial charge in [0.15, 0.2) is 0 Å². The van der Waals surface area contributed by atoms with E-state index < -0.39 is 5.91 Å². The molecule has 34 heavy (non-hydrogen) atoms. The Morgan fingerprint density at radius 2 is 1.59 bits per heavy atom. The zero-order chi connectivity index (χ0) is 24.4. The molecule has 10 heteroatoms. The first-order valence-electron chi connectivity index (χ1n) is 9.77. The van der Waals surface area contributed by atoms with Crippen LogP contribution in [0.5, 0.6) is 5.75 Å². The van der Waals surface area contributed by atoms with Gasteiger partial charge in [0.05, 0.1) is 30.4 Å². The Hall–Kier alpha value is -1.84. The number of hydrogen-bond acceptors (Lipinski definition) is 4. The quantitative estimate of drug-likeness (QED) is 0.252. The second-order valence-electron chi connectivity index (χ2n) is 7.25. The Morgan fingerprint density at radius 3 is 2.24 bits per heavy atom. The summed E-state index contributed by atoms with van der Waals surface area (Å²) in [4.78, 5) is 26.7. The van der Waals surface area contributed by atoms with Crippen molar-refractivity contribution in [3.8, 4) is 5.75 Å². The van der Waals surface area contributed by atoms with Crippen LogP contribution >= 0.6 is 66.8 Å². The first-order valence-corrected chi connectivity index (χ1v) is 12.9. The number of halogens is 5. The predicted octanol–water partition coefficient (Wildman–Crippen LogP) is 8.47. The van der Waals surface area contributed by atoms with E-state index in [9.17, 15) is 14.0 Å². The van der Waals surface area contributed by atoms with E-state index in [1.807, 2.05) is 6.07 Å². The van der Waals surface area contributed by atoms with E-state index in [1.54, 1.807) is 42.5 Å². The van der Waals surface area contributed by atoms with Crippen molar-refractivity contribution in [2.45, 2.75) is 13.2 Å². The minimum Gasteiger partial charge on any atom is -0.487 e. The molecule has 4 nitrogen and oxygen atoms in total. The Kier molecular flexibility index (Phi) is 8.05. The lowest BCUT2D eigenvalue weighted by Crippen LogP contribution is -2.27. The van der Waals surface area contributed by atoms with Crippen LogP contribution in [0, 0.1) is 5.82 Å². The molecule has 4 rings (SSSR count). The lowest BCUT2D eigenvalue weighted by atomic mass is 10.2. The van der Waals surface area contributed by atoms with E-state index in [4.69, 9.17) is 27.9 Å². The number of benzene rings is 3. The number of carbonyl (C=O) groups is 2. The summed E-state index contributed by atoms with van der Waals surface area (Å²) < 4.78 is 20.4. The molecule has 3 aromatic carbocycles. The van der Waals surface area contributed by atoms with Crippen molar-refractivity contribution in [1.82, 2.24) is 4.90 Å².